The molecule has 4 nitrogen and oxygen atoms in total. The molecule has 3 atom stereocenters. The standard InChI is InChI=1S/C24H38O4/c1-4-5-6-7-8-9-10-11-12-13-14-17-20(25)22-21(28-22)18-15-16-19-24(2,3)23(26)27/h8-9,11-12,20-22,25H,4-7,10,13,15-16,18-19H2,1-3H3,(H,26,27)/b9-8-,12-11-. The zero-order valence-electron chi connectivity index (χ0n) is 17.8. The lowest BCUT2D eigenvalue weighted by atomic mass is 9.87. The van der Waals surface area contributed by atoms with Gasteiger partial charge in [0.2, 0.25) is 0 Å². The van der Waals surface area contributed by atoms with Crippen LogP contribution in [0, 0.1) is 17.3 Å². The number of unbranched alkanes of at least 4 members (excludes halogenated alkanes) is 4. The van der Waals surface area contributed by atoms with Gasteiger partial charge in [0.05, 0.1) is 11.5 Å². The summed E-state index contributed by atoms with van der Waals surface area (Å²) in [5.74, 6) is 5.10. The van der Waals surface area contributed by atoms with E-state index < -0.39 is 17.5 Å². The number of aliphatic hydroxyl groups excluding tert-OH is 1. The first kappa shape index (κ1) is 24.5. The van der Waals surface area contributed by atoms with Crippen LogP contribution >= 0.6 is 0 Å². The summed E-state index contributed by atoms with van der Waals surface area (Å²) in [7, 11) is 0. The second kappa shape index (κ2) is 13.6. The Morgan fingerprint density at radius 3 is 2.61 bits per heavy atom. The van der Waals surface area contributed by atoms with E-state index >= 15 is 0 Å². The summed E-state index contributed by atoms with van der Waals surface area (Å²) in [5.41, 5.74) is -0.673. The highest BCUT2D eigenvalue weighted by atomic mass is 16.6. The van der Waals surface area contributed by atoms with Gasteiger partial charge in [-0.2, -0.15) is 0 Å². The van der Waals surface area contributed by atoms with Crippen molar-refractivity contribution in [1.82, 2.24) is 0 Å². The zero-order valence-corrected chi connectivity index (χ0v) is 17.8. The van der Waals surface area contributed by atoms with Gasteiger partial charge in [-0.1, -0.05) is 68.8 Å². The van der Waals surface area contributed by atoms with Crippen molar-refractivity contribution in [2.45, 2.75) is 103 Å². The Hall–Kier alpha value is -1.57. The number of hydrogen-bond donors (Lipinski definition) is 2. The number of epoxide rings is 1. The Bertz CT molecular complexity index is 565. The van der Waals surface area contributed by atoms with Crippen molar-refractivity contribution >= 4 is 5.97 Å². The van der Waals surface area contributed by atoms with Gasteiger partial charge in [-0.15, -0.1) is 0 Å². The summed E-state index contributed by atoms with van der Waals surface area (Å²) in [5, 5.41) is 19.1. The minimum atomic E-state index is -0.754. The number of carbonyl (C=O) groups is 1. The molecule has 0 aromatic rings. The van der Waals surface area contributed by atoms with Gasteiger partial charge in [-0.25, -0.2) is 0 Å². The van der Waals surface area contributed by atoms with E-state index in [1.165, 1.54) is 19.3 Å². The number of aliphatic carboxylic acids is 1. The van der Waals surface area contributed by atoms with Crippen LogP contribution in [0.25, 0.3) is 0 Å². The molecule has 0 spiro atoms. The molecular weight excluding hydrogens is 352 g/mol. The fourth-order valence-electron chi connectivity index (χ4n) is 2.97. The molecule has 1 saturated heterocycles. The second-order valence-corrected chi connectivity index (χ2v) is 8.22. The van der Waals surface area contributed by atoms with E-state index in [0.29, 0.717) is 12.8 Å². The quantitative estimate of drug-likeness (QED) is 0.184. The van der Waals surface area contributed by atoms with E-state index in [9.17, 15) is 9.90 Å². The van der Waals surface area contributed by atoms with E-state index in [1.54, 1.807) is 13.8 Å². The Kier molecular flexibility index (Phi) is 11.9. The number of carboxylic acids is 1. The van der Waals surface area contributed by atoms with Crippen LogP contribution in [0.4, 0.5) is 0 Å². The van der Waals surface area contributed by atoms with Crippen LogP contribution in [0.5, 0.6) is 0 Å². The van der Waals surface area contributed by atoms with Crippen LogP contribution < -0.4 is 0 Å². The lowest BCUT2D eigenvalue weighted by Crippen LogP contribution is -2.23. The van der Waals surface area contributed by atoms with Gasteiger partial charge in [-0.3, -0.25) is 4.79 Å². The van der Waals surface area contributed by atoms with Crippen molar-refractivity contribution in [1.29, 1.82) is 0 Å². The molecule has 1 aliphatic rings. The monoisotopic (exact) mass is 390 g/mol. The van der Waals surface area contributed by atoms with Crippen molar-refractivity contribution in [3.8, 4) is 11.8 Å². The molecular formula is C24H38O4. The molecule has 0 radical (unpaired) electrons. The van der Waals surface area contributed by atoms with Crippen LogP contribution in [-0.2, 0) is 9.53 Å². The van der Waals surface area contributed by atoms with E-state index in [4.69, 9.17) is 9.84 Å². The topological polar surface area (TPSA) is 70.1 Å². The van der Waals surface area contributed by atoms with E-state index in [2.05, 4.69) is 37.0 Å². The van der Waals surface area contributed by atoms with E-state index in [0.717, 1.165) is 32.1 Å². The number of ether oxygens (including phenoxy) is 1. The van der Waals surface area contributed by atoms with Crippen molar-refractivity contribution in [2.75, 3.05) is 0 Å². The van der Waals surface area contributed by atoms with Gasteiger partial charge in [0, 0.05) is 6.42 Å². The molecule has 1 aliphatic heterocycles. The van der Waals surface area contributed by atoms with Gasteiger partial charge in [0.1, 0.15) is 12.2 Å². The summed E-state index contributed by atoms with van der Waals surface area (Å²) in [6, 6.07) is 0. The highest BCUT2D eigenvalue weighted by Gasteiger charge is 2.43. The fraction of sp³-hybridized carbons (Fsp3) is 0.708. The summed E-state index contributed by atoms with van der Waals surface area (Å²) >= 11 is 0. The summed E-state index contributed by atoms with van der Waals surface area (Å²) in [6.45, 7) is 5.72. The molecule has 0 aromatic carbocycles. The minimum Gasteiger partial charge on any atom is -0.481 e. The molecule has 0 aromatic heterocycles. The number of carboxylic acid groups (broad SMARTS) is 1. The predicted molar refractivity (Wildman–Crippen MR) is 114 cm³/mol. The first-order valence-corrected chi connectivity index (χ1v) is 10.7. The summed E-state index contributed by atoms with van der Waals surface area (Å²) in [4.78, 5) is 11.1. The smallest absolute Gasteiger partial charge is 0.309 e. The zero-order chi connectivity index (χ0) is 20.8. The summed E-state index contributed by atoms with van der Waals surface area (Å²) in [6.07, 6.45) is 17.5. The molecule has 1 fully saturated rings. The number of allylic oxidation sites excluding steroid dienone is 4. The number of hydrogen-bond acceptors (Lipinski definition) is 3. The second-order valence-electron chi connectivity index (χ2n) is 8.22. The molecule has 0 saturated carbocycles. The lowest BCUT2D eigenvalue weighted by Gasteiger charge is -2.18. The van der Waals surface area contributed by atoms with Crippen LogP contribution in [0.15, 0.2) is 24.3 Å². The third kappa shape index (κ3) is 10.7. The maximum absolute atomic E-state index is 11.1. The SMILES string of the molecule is CCCCC/C=C\C/C=C\CC#CC(O)C1OC1CCCCC(C)(C)C(=O)O. The largest absolute Gasteiger partial charge is 0.481 e. The highest BCUT2D eigenvalue weighted by molar-refractivity contribution is 5.73. The van der Waals surface area contributed by atoms with Crippen LogP contribution in [0.1, 0.15) is 85.0 Å². The van der Waals surface area contributed by atoms with Gasteiger partial charge in [0.25, 0.3) is 0 Å². The normalized spacial score (nSPS) is 20.3. The van der Waals surface area contributed by atoms with Crippen molar-refractivity contribution in [3.63, 3.8) is 0 Å². The third-order valence-electron chi connectivity index (χ3n) is 5.10. The van der Waals surface area contributed by atoms with E-state index in [1.807, 2.05) is 6.08 Å². The van der Waals surface area contributed by atoms with Crippen LogP contribution in [0.2, 0.25) is 0 Å². The Morgan fingerprint density at radius 1 is 1.14 bits per heavy atom. The molecule has 4 heteroatoms. The minimum absolute atomic E-state index is 0.0608. The molecule has 28 heavy (non-hydrogen) atoms. The van der Waals surface area contributed by atoms with Gasteiger partial charge in [0.15, 0.2) is 0 Å². The molecule has 2 N–H and O–H groups in total. The molecule has 0 aliphatic carbocycles. The van der Waals surface area contributed by atoms with Gasteiger partial charge in [-0.05, 0) is 46.0 Å². The maximum Gasteiger partial charge on any atom is 0.309 e. The van der Waals surface area contributed by atoms with Crippen molar-refractivity contribution in [2.24, 2.45) is 5.41 Å². The van der Waals surface area contributed by atoms with Crippen molar-refractivity contribution in [3.05, 3.63) is 24.3 Å². The first-order valence-electron chi connectivity index (χ1n) is 10.7. The average molecular weight is 391 g/mol. The average Bonchev–Trinajstić information content (AvgIpc) is 3.43. The molecule has 158 valence electrons. The third-order valence-corrected chi connectivity index (χ3v) is 5.10. The first-order chi connectivity index (χ1) is 13.4. The Morgan fingerprint density at radius 2 is 1.89 bits per heavy atom. The summed E-state index contributed by atoms with van der Waals surface area (Å²) < 4.78 is 5.51. The fourth-order valence-corrected chi connectivity index (χ4v) is 2.97. The molecule has 1 heterocycles. The van der Waals surface area contributed by atoms with Crippen molar-refractivity contribution < 1.29 is 19.7 Å². The molecule has 0 bridgehead atoms. The van der Waals surface area contributed by atoms with Gasteiger partial charge >= 0.3 is 5.97 Å². The molecule has 1 rings (SSSR count). The molecule has 0 amide bonds. The van der Waals surface area contributed by atoms with Gasteiger partial charge < -0.3 is 14.9 Å². The van der Waals surface area contributed by atoms with Crippen LogP contribution in [0.3, 0.4) is 0 Å². The predicted octanol–water partition coefficient (Wildman–Crippen LogP) is 5.26. The molecule has 3 unspecified atom stereocenters. The highest BCUT2D eigenvalue weighted by Crippen LogP contribution is 2.31. The number of aliphatic hydroxyl groups is 1. The Labute approximate surface area is 171 Å². The maximum atomic E-state index is 11.1. The van der Waals surface area contributed by atoms with E-state index in [-0.39, 0.29) is 12.2 Å². The Balaban J connectivity index is 2.09. The number of rotatable bonds is 14. The lowest BCUT2D eigenvalue weighted by molar-refractivity contribution is -0.147. The van der Waals surface area contributed by atoms with Crippen LogP contribution in [-0.4, -0.2) is 34.5 Å².